The van der Waals surface area contributed by atoms with Crippen molar-refractivity contribution in [1.29, 1.82) is 0 Å². The third-order valence-electron chi connectivity index (χ3n) is 4.44. The van der Waals surface area contributed by atoms with Crippen molar-refractivity contribution in [2.75, 3.05) is 7.05 Å². The number of amides is 1. The number of likely N-dealkylation sites (N-methyl/N-ethyl adjacent to an activating group) is 1. The summed E-state index contributed by atoms with van der Waals surface area (Å²) in [5, 5.41) is 10.4. The van der Waals surface area contributed by atoms with Gasteiger partial charge in [0, 0.05) is 23.7 Å². The quantitative estimate of drug-likeness (QED) is 0.457. The minimum absolute atomic E-state index is 0.0541. The summed E-state index contributed by atoms with van der Waals surface area (Å²) in [5.41, 5.74) is 1.20. The zero-order chi connectivity index (χ0) is 22.1. The minimum atomic E-state index is -1.15. The van der Waals surface area contributed by atoms with E-state index in [0.717, 1.165) is 5.56 Å². The normalized spacial score (nSPS) is 16.5. The van der Waals surface area contributed by atoms with Gasteiger partial charge >= 0.3 is 5.97 Å². The molecule has 1 aliphatic heterocycles. The Morgan fingerprint density at radius 2 is 1.87 bits per heavy atom. The van der Waals surface area contributed by atoms with Crippen molar-refractivity contribution in [3.8, 4) is 11.3 Å². The Kier molecular flexibility index (Phi) is 5.91. The Bertz CT molecular complexity index is 1250. The van der Waals surface area contributed by atoms with Crippen LogP contribution in [0.4, 0.5) is 5.69 Å². The predicted octanol–water partition coefficient (Wildman–Crippen LogP) is 6.19. The van der Waals surface area contributed by atoms with Gasteiger partial charge in [0.2, 0.25) is 0 Å². The van der Waals surface area contributed by atoms with Gasteiger partial charge in [0.15, 0.2) is 5.17 Å². The van der Waals surface area contributed by atoms with Crippen LogP contribution < -0.4 is 0 Å². The summed E-state index contributed by atoms with van der Waals surface area (Å²) in [6.07, 6.45) is 1.65. The number of carboxylic acid groups (broad SMARTS) is 1. The zero-order valence-corrected chi connectivity index (χ0v) is 18.3. The number of hydrogen-bond acceptors (Lipinski definition) is 5. The number of carbonyl (C=O) groups is 2. The molecule has 4 rings (SSSR count). The number of aliphatic imine (C=N–C) groups is 1. The number of carboxylic acids is 1. The number of carbonyl (C=O) groups excluding carboxylic acids is 1. The minimum Gasteiger partial charge on any atom is -0.478 e. The van der Waals surface area contributed by atoms with E-state index in [-0.39, 0.29) is 16.5 Å². The second-order valence-electron chi connectivity index (χ2n) is 6.55. The highest BCUT2D eigenvalue weighted by molar-refractivity contribution is 8.18. The molecule has 0 unspecified atom stereocenters. The molecule has 3 aromatic rings. The lowest BCUT2D eigenvalue weighted by Gasteiger charge is -2.07. The molecule has 1 saturated heterocycles. The molecule has 1 N–H and O–H groups in total. The maximum Gasteiger partial charge on any atom is 0.337 e. The molecule has 1 aliphatic rings. The molecule has 0 saturated carbocycles. The number of thioether (sulfide) groups is 1. The number of halogens is 2. The van der Waals surface area contributed by atoms with Crippen LogP contribution in [-0.4, -0.2) is 34.1 Å². The number of amidine groups is 1. The van der Waals surface area contributed by atoms with Gasteiger partial charge in [-0.15, -0.1) is 0 Å². The van der Waals surface area contributed by atoms with Gasteiger partial charge in [0.25, 0.3) is 5.91 Å². The van der Waals surface area contributed by atoms with E-state index in [9.17, 15) is 14.7 Å². The summed E-state index contributed by atoms with van der Waals surface area (Å²) in [5.74, 6) is -0.204. The maximum absolute atomic E-state index is 12.6. The van der Waals surface area contributed by atoms with Gasteiger partial charge in [0.05, 0.1) is 21.2 Å². The molecular formula is C22H14Cl2N2O4S. The molecular weight excluding hydrogens is 459 g/mol. The Labute approximate surface area is 191 Å². The molecule has 6 nitrogen and oxygen atoms in total. The highest BCUT2D eigenvalue weighted by Gasteiger charge is 2.30. The van der Waals surface area contributed by atoms with Crippen LogP contribution in [0.3, 0.4) is 0 Å². The first kappa shape index (κ1) is 21.2. The van der Waals surface area contributed by atoms with Crippen LogP contribution >= 0.6 is 35.0 Å². The number of furan rings is 1. The molecule has 0 bridgehead atoms. The molecule has 0 radical (unpaired) electrons. The van der Waals surface area contributed by atoms with Gasteiger partial charge in [-0.3, -0.25) is 9.69 Å². The van der Waals surface area contributed by atoms with E-state index < -0.39 is 5.97 Å². The third-order valence-corrected chi connectivity index (χ3v) is 6.08. The first-order chi connectivity index (χ1) is 14.8. The average molecular weight is 473 g/mol. The number of benzene rings is 2. The molecule has 2 aromatic carbocycles. The van der Waals surface area contributed by atoms with Gasteiger partial charge in [-0.1, -0.05) is 23.2 Å². The lowest BCUT2D eigenvalue weighted by Crippen LogP contribution is -2.23. The summed E-state index contributed by atoms with van der Waals surface area (Å²) >= 11 is 13.0. The number of hydrogen-bond donors (Lipinski definition) is 1. The number of rotatable bonds is 4. The maximum atomic E-state index is 12.6. The molecule has 31 heavy (non-hydrogen) atoms. The molecule has 9 heteroatoms. The molecule has 1 aromatic heterocycles. The molecule has 0 spiro atoms. The zero-order valence-electron chi connectivity index (χ0n) is 16.0. The van der Waals surface area contributed by atoms with Crippen molar-refractivity contribution >= 4 is 63.8 Å². The number of aromatic carboxylic acids is 1. The van der Waals surface area contributed by atoms with E-state index in [1.165, 1.54) is 28.8 Å². The largest absolute Gasteiger partial charge is 0.478 e. The van der Waals surface area contributed by atoms with Crippen LogP contribution in [0.1, 0.15) is 16.1 Å². The first-order valence-electron chi connectivity index (χ1n) is 8.97. The monoisotopic (exact) mass is 472 g/mol. The van der Waals surface area contributed by atoms with Gasteiger partial charge in [-0.05, 0) is 66.4 Å². The number of nitrogens with zero attached hydrogens (tertiary/aromatic N) is 2. The van der Waals surface area contributed by atoms with Crippen LogP contribution in [0.2, 0.25) is 10.0 Å². The lowest BCUT2D eigenvalue weighted by molar-refractivity contribution is -0.121. The second kappa shape index (κ2) is 8.63. The van der Waals surface area contributed by atoms with E-state index in [0.29, 0.717) is 32.3 Å². The summed E-state index contributed by atoms with van der Waals surface area (Å²) in [6, 6.07) is 15.3. The highest BCUT2D eigenvalue weighted by Crippen LogP contribution is 2.35. The molecule has 0 atom stereocenters. The van der Waals surface area contributed by atoms with Crippen molar-refractivity contribution in [3.05, 3.63) is 80.9 Å². The average Bonchev–Trinajstić information content (AvgIpc) is 3.31. The van der Waals surface area contributed by atoms with Crippen molar-refractivity contribution in [2.24, 2.45) is 4.99 Å². The van der Waals surface area contributed by atoms with Crippen LogP contribution in [0, 0.1) is 0 Å². The Balaban J connectivity index is 1.59. The van der Waals surface area contributed by atoms with Crippen molar-refractivity contribution in [3.63, 3.8) is 0 Å². The van der Waals surface area contributed by atoms with E-state index in [4.69, 9.17) is 27.6 Å². The van der Waals surface area contributed by atoms with E-state index in [1.54, 1.807) is 37.4 Å². The second-order valence-corrected chi connectivity index (χ2v) is 8.40. The standard InChI is InChI=1S/C22H14Cl2N2O4S/c1-26-20(27)19(11-15-7-9-18(30-15)12-2-4-13(23)5-3-12)31-22(26)25-14-6-8-17(24)16(10-14)21(28)29/h2-11H,1H3,(H,28,29)/b19-11-,25-22+. The van der Waals surface area contributed by atoms with Gasteiger partial charge in [-0.25, -0.2) is 9.79 Å². The van der Waals surface area contributed by atoms with E-state index >= 15 is 0 Å². The summed E-state index contributed by atoms with van der Waals surface area (Å²) in [6.45, 7) is 0. The highest BCUT2D eigenvalue weighted by atomic mass is 35.5. The Hall–Kier alpha value is -3.00. The topological polar surface area (TPSA) is 83.1 Å². The molecule has 1 fully saturated rings. The summed E-state index contributed by atoms with van der Waals surface area (Å²) in [4.78, 5) is 30.2. The van der Waals surface area contributed by atoms with Crippen LogP contribution in [0.5, 0.6) is 0 Å². The third kappa shape index (κ3) is 4.54. The summed E-state index contributed by atoms with van der Waals surface area (Å²) < 4.78 is 5.84. The molecule has 0 aliphatic carbocycles. The van der Waals surface area contributed by atoms with Gasteiger partial charge in [-0.2, -0.15) is 0 Å². The molecule has 156 valence electrons. The Morgan fingerprint density at radius 3 is 2.58 bits per heavy atom. The molecule has 1 amide bonds. The van der Waals surface area contributed by atoms with Crippen molar-refractivity contribution in [2.45, 2.75) is 0 Å². The smallest absolute Gasteiger partial charge is 0.337 e. The lowest BCUT2D eigenvalue weighted by atomic mass is 10.2. The van der Waals surface area contributed by atoms with Crippen molar-refractivity contribution in [1.82, 2.24) is 4.90 Å². The van der Waals surface area contributed by atoms with E-state index in [1.807, 2.05) is 18.2 Å². The Morgan fingerprint density at radius 1 is 1.13 bits per heavy atom. The van der Waals surface area contributed by atoms with Gasteiger partial charge in [0.1, 0.15) is 11.5 Å². The molecule has 2 heterocycles. The summed E-state index contributed by atoms with van der Waals surface area (Å²) in [7, 11) is 1.60. The van der Waals surface area contributed by atoms with Gasteiger partial charge < -0.3 is 9.52 Å². The van der Waals surface area contributed by atoms with Crippen molar-refractivity contribution < 1.29 is 19.1 Å². The van der Waals surface area contributed by atoms with Crippen LogP contribution in [-0.2, 0) is 4.79 Å². The van der Waals surface area contributed by atoms with E-state index in [2.05, 4.69) is 4.99 Å². The predicted molar refractivity (Wildman–Crippen MR) is 123 cm³/mol. The van der Waals surface area contributed by atoms with Crippen LogP contribution in [0.15, 0.2) is 68.9 Å². The fourth-order valence-electron chi connectivity index (χ4n) is 2.84. The first-order valence-corrected chi connectivity index (χ1v) is 10.5. The SMILES string of the molecule is CN1C(=O)/C(=C/c2ccc(-c3ccc(Cl)cc3)o2)S/C1=N/c1ccc(Cl)c(C(=O)O)c1. The van der Waals surface area contributed by atoms with Crippen LogP contribution in [0.25, 0.3) is 17.4 Å². The fourth-order valence-corrected chi connectivity index (χ4v) is 4.13. The fraction of sp³-hybridized carbons (Fsp3) is 0.0455.